The van der Waals surface area contributed by atoms with Crippen molar-refractivity contribution in [3.63, 3.8) is 0 Å². The Labute approximate surface area is 132 Å². The van der Waals surface area contributed by atoms with Crippen LogP contribution in [0.15, 0.2) is 18.2 Å². The van der Waals surface area contributed by atoms with Gasteiger partial charge in [0.1, 0.15) is 11.4 Å². The molecule has 1 aliphatic rings. The highest BCUT2D eigenvalue weighted by Crippen LogP contribution is 2.40. The minimum atomic E-state index is -0.485. The molecule has 0 saturated carbocycles. The van der Waals surface area contributed by atoms with Gasteiger partial charge in [0, 0.05) is 17.9 Å². The van der Waals surface area contributed by atoms with Crippen molar-refractivity contribution in [2.24, 2.45) is 5.92 Å². The molecule has 4 nitrogen and oxygen atoms in total. The standard InChI is InChI=1S/C18H27NO3/c1-6-15(20)12-7-8-16-13(9-12)14(10-18(4,5)22-16)19-17(21)11(2)3/h7-9,11,14-15,20H,6,10H2,1-5H3,(H,19,21). The van der Waals surface area contributed by atoms with E-state index in [4.69, 9.17) is 4.74 Å². The molecule has 2 rings (SSSR count). The number of benzene rings is 1. The number of ether oxygens (including phenoxy) is 1. The number of amides is 1. The largest absolute Gasteiger partial charge is 0.487 e. The van der Waals surface area contributed by atoms with Crippen molar-refractivity contribution in [3.8, 4) is 5.75 Å². The Kier molecular flexibility index (Phi) is 4.81. The van der Waals surface area contributed by atoms with E-state index in [1.807, 2.05) is 52.8 Å². The van der Waals surface area contributed by atoms with Crippen LogP contribution in [-0.2, 0) is 4.79 Å². The molecule has 0 spiro atoms. The zero-order valence-electron chi connectivity index (χ0n) is 14.1. The molecule has 0 fully saturated rings. The summed E-state index contributed by atoms with van der Waals surface area (Å²) in [6.45, 7) is 9.77. The van der Waals surface area contributed by atoms with Crippen LogP contribution in [-0.4, -0.2) is 16.6 Å². The number of hydrogen-bond acceptors (Lipinski definition) is 3. The molecule has 1 amide bonds. The van der Waals surface area contributed by atoms with Gasteiger partial charge in [-0.1, -0.05) is 26.8 Å². The van der Waals surface area contributed by atoms with Crippen molar-refractivity contribution in [3.05, 3.63) is 29.3 Å². The van der Waals surface area contributed by atoms with Crippen LogP contribution in [0.25, 0.3) is 0 Å². The quantitative estimate of drug-likeness (QED) is 0.895. The first-order chi connectivity index (χ1) is 10.2. The second kappa shape index (κ2) is 6.29. The third-order valence-electron chi connectivity index (χ3n) is 4.10. The van der Waals surface area contributed by atoms with Gasteiger partial charge in [-0.05, 0) is 38.0 Å². The SMILES string of the molecule is CCC(O)c1ccc2c(c1)C(NC(=O)C(C)C)CC(C)(C)O2. The first kappa shape index (κ1) is 16.8. The van der Waals surface area contributed by atoms with E-state index in [1.54, 1.807) is 0 Å². The highest BCUT2D eigenvalue weighted by Gasteiger charge is 2.35. The second-order valence-electron chi connectivity index (χ2n) is 7.00. The van der Waals surface area contributed by atoms with Gasteiger partial charge < -0.3 is 15.2 Å². The van der Waals surface area contributed by atoms with Crippen LogP contribution in [0.4, 0.5) is 0 Å². The average Bonchev–Trinajstić information content (AvgIpc) is 2.44. The smallest absolute Gasteiger partial charge is 0.223 e. The van der Waals surface area contributed by atoms with Gasteiger partial charge in [-0.25, -0.2) is 0 Å². The van der Waals surface area contributed by atoms with Crippen LogP contribution in [0.3, 0.4) is 0 Å². The number of hydrogen-bond donors (Lipinski definition) is 2. The Balaban J connectivity index is 2.37. The summed E-state index contributed by atoms with van der Waals surface area (Å²) in [5, 5.41) is 13.2. The average molecular weight is 305 g/mol. The fourth-order valence-electron chi connectivity index (χ4n) is 2.78. The normalized spacial score (nSPS) is 21.0. The number of fused-ring (bicyclic) bond motifs is 1. The Morgan fingerprint density at radius 2 is 2.14 bits per heavy atom. The fourth-order valence-corrected chi connectivity index (χ4v) is 2.78. The topological polar surface area (TPSA) is 58.6 Å². The molecular weight excluding hydrogens is 278 g/mol. The lowest BCUT2D eigenvalue weighted by atomic mass is 9.88. The highest BCUT2D eigenvalue weighted by molar-refractivity contribution is 5.78. The summed E-state index contributed by atoms with van der Waals surface area (Å²) in [6.07, 6.45) is 0.889. The van der Waals surface area contributed by atoms with Gasteiger partial charge in [0.05, 0.1) is 12.1 Å². The molecule has 2 atom stereocenters. The summed E-state index contributed by atoms with van der Waals surface area (Å²) < 4.78 is 6.03. The first-order valence-electron chi connectivity index (χ1n) is 8.05. The third kappa shape index (κ3) is 3.61. The van der Waals surface area contributed by atoms with E-state index >= 15 is 0 Å². The maximum atomic E-state index is 12.1. The van der Waals surface area contributed by atoms with Crippen LogP contribution in [0.2, 0.25) is 0 Å². The summed E-state index contributed by atoms with van der Waals surface area (Å²) in [5.74, 6) is 0.770. The third-order valence-corrected chi connectivity index (χ3v) is 4.10. The van der Waals surface area contributed by atoms with Crippen molar-refractivity contribution >= 4 is 5.91 Å². The van der Waals surface area contributed by atoms with Gasteiger partial charge >= 0.3 is 0 Å². The zero-order chi connectivity index (χ0) is 16.5. The summed E-state index contributed by atoms with van der Waals surface area (Å²) in [7, 11) is 0. The van der Waals surface area contributed by atoms with E-state index in [1.165, 1.54) is 0 Å². The lowest BCUT2D eigenvalue weighted by molar-refractivity contribution is -0.125. The summed E-state index contributed by atoms with van der Waals surface area (Å²) in [5.41, 5.74) is 1.50. The number of carbonyl (C=O) groups is 1. The Morgan fingerprint density at radius 1 is 1.45 bits per heavy atom. The molecule has 4 heteroatoms. The van der Waals surface area contributed by atoms with Crippen LogP contribution in [0.5, 0.6) is 5.75 Å². The Hall–Kier alpha value is -1.55. The van der Waals surface area contributed by atoms with Crippen LogP contribution < -0.4 is 10.1 Å². The molecule has 22 heavy (non-hydrogen) atoms. The van der Waals surface area contributed by atoms with Gasteiger partial charge in [0.25, 0.3) is 0 Å². The maximum absolute atomic E-state index is 12.1. The summed E-state index contributed by atoms with van der Waals surface area (Å²) in [6, 6.07) is 5.68. The number of nitrogens with one attached hydrogen (secondary N) is 1. The van der Waals surface area contributed by atoms with E-state index in [0.29, 0.717) is 12.8 Å². The molecular formula is C18H27NO3. The minimum absolute atomic E-state index is 0.0371. The molecule has 2 N–H and O–H groups in total. The van der Waals surface area contributed by atoms with Gasteiger partial charge in [0.2, 0.25) is 5.91 Å². The molecule has 0 aromatic heterocycles. The summed E-state index contributed by atoms with van der Waals surface area (Å²) >= 11 is 0. The van der Waals surface area contributed by atoms with Gasteiger partial charge in [-0.15, -0.1) is 0 Å². The van der Waals surface area contributed by atoms with Crippen molar-refractivity contribution in [2.75, 3.05) is 0 Å². The predicted octanol–water partition coefficient (Wildman–Crippen LogP) is 3.50. The Bertz CT molecular complexity index is 551. The zero-order valence-corrected chi connectivity index (χ0v) is 14.1. The maximum Gasteiger partial charge on any atom is 0.223 e. The van der Waals surface area contributed by atoms with Gasteiger partial charge in [-0.3, -0.25) is 4.79 Å². The van der Waals surface area contributed by atoms with E-state index in [2.05, 4.69) is 5.32 Å². The molecule has 1 heterocycles. The monoisotopic (exact) mass is 305 g/mol. The molecule has 0 radical (unpaired) electrons. The predicted molar refractivity (Wildman–Crippen MR) is 86.7 cm³/mol. The molecule has 122 valence electrons. The van der Waals surface area contributed by atoms with Crippen LogP contribution in [0, 0.1) is 5.92 Å². The van der Waals surface area contributed by atoms with E-state index in [0.717, 1.165) is 16.9 Å². The minimum Gasteiger partial charge on any atom is -0.487 e. The molecule has 1 aromatic rings. The lowest BCUT2D eigenvalue weighted by Gasteiger charge is -2.38. The van der Waals surface area contributed by atoms with Crippen molar-refractivity contribution in [1.29, 1.82) is 0 Å². The number of aliphatic hydroxyl groups is 1. The molecule has 1 aromatic carbocycles. The van der Waals surface area contributed by atoms with Gasteiger partial charge in [0.15, 0.2) is 0 Å². The highest BCUT2D eigenvalue weighted by atomic mass is 16.5. The fraction of sp³-hybridized carbons (Fsp3) is 0.611. The van der Waals surface area contributed by atoms with Crippen molar-refractivity contribution in [2.45, 2.75) is 65.2 Å². The molecule has 1 aliphatic heterocycles. The van der Waals surface area contributed by atoms with Gasteiger partial charge in [-0.2, -0.15) is 0 Å². The number of rotatable bonds is 4. The number of aliphatic hydroxyl groups excluding tert-OH is 1. The first-order valence-corrected chi connectivity index (χ1v) is 8.05. The Morgan fingerprint density at radius 3 is 2.73 bits per heavy atom. The van der Waals surface area contributed by atoms with E-state index in [9.17, 15) is 9.90 Å². The summed E-state index contributed by atoms with van der Waals surface area (Å²) in [4.78, 5) is 12.1. The molecule has 2 unspecified atom stereocenters. The molecule has 0 aliphatic carbocycles. The molecule has 0 saturated heterocycles. The van der Waals surface area contributed by atoms with Crippen molar-refractivity contribution < 1.29 is 14.6 Å². The lowest BCUT2D eigenvalue weighted by Crippen LogP contribution is -2.42. The second-order valence-corrected chi connectivity index (χ2v) is 7.00. The van der Waals surface area contributed by atoms with E-state index in [-0.39, 0.29) is 23.5 Å². The van der Waals surface area contributed by atoms with Crippen LogP contribution >= 0.6 is 0 Å². The van der Waals surface area contributed by atoms with E-state index < -0.39 is 6.10 Å². The number of carbonyl (C=O) groups excluding carboxylic acids is 1. The van der Waals surface area contributed by atoms with Crippen LogP contribution in [0.1, 0.15) is 70.7 Å². The van der Waals surface area contributed by atoms with Crippen molar-refractivity contribution in [1.82, 2.24) is 5.32 Å². The molecule has 0 bridgehead atoms.